The zero-order chi connectivity index (χ0) is 11.0. The Labute approximate surface area is 87.6 Å². The fraction of sp³-hybridized carbons (Fsp3) is 1.00. The van der Waals surface area contributed by atoms with Crippen molar-refractivity contribution in [3.05, 3.63) is 0 Å². The Morgan fingerprint density at radius 2 is 1.64 bits per heavy atom. The number of hydrogen-bond acceptors (Lipinski definition) is 3. The molecule has 0 aromatic carbocycles. The topological polar surface area (TPSA) is 38.5 Å². The maximum absolute atomic E-state index is 6.00. The lowest BCUT2D eigenvalue weighted by Crippen LogP contribution is -2.60. The average molecular weight is 200 g/mol. The van der Waals surface area contributed by atoms with E-state index in [0.717, 1.165) is 13.1 Å². The van der Waals surface area contributed by atoms with Gasteiger partial charge in [-0.2, -0.15) is 0 Å². The summed E-state index contributed by atoms with van der Waals surface area (Å²) in [7, 11) is 0. The van der Waals surface area contributed by atoms with Gasteiger partial charge in [-0.05, 0) is 34.6 Å². The number of rotatable bonds is 2. The van der Waals surface area contributed by atoms with Gasteiger partial charge in [-0.3, -0.25) is 4.90 Å². The third kappa shape index (κ3) is 2.94. The highest BCUT2D eigenvalue weighted by molar-refractivity contribution is 4.91. The molecule has 0 aliphatic carbocycles. The number of nitrogens with two attached hydrogens (primary N) is 1. The molecular weight excluding hydrogens is 176 g/mol. The summed E-state index contributed by atoms with van der Waals surface area (Å²) in [4.78, 5) is 2.42. The molecule has 1 unspecified atom stereocenters. The number of morpholine rings is 1. The summed E-state index contributed by atoms with van der Waals surface area (Å²) in [5.74, 6) is 0. The minimum Gasteiger partial charge on any atom is -0.367 e. The first-order chi connectivity index (χ1) is 6.26. The maximum Gasteiger partial charge on any atom is 0.0760 e. The summed E-state index contributed by atoms with van der Waals surface area (Å²) in [6, 6.07) is 0.442. The fourth-order valence-corrected chi connectivity index (χ4v) is 2.31. The number of ether oxygens (including phenoxy) is 1. The second-order valence-electron chi connectivity index (χ2n) is 5.61. The monoisotopic (exact) mass is 200 g/mol. The molecule has 3 heteroatoms. The molecule has 0 radical (unpaired) electrons. The predicted molar refractivity (Wildman–Crippen MR) is 59.3 cm³/mol. The average Bonchev–Trinajstić information content (AvgIpc) is 1.97. The molecule has 1 aliphatic rings. The summed E-state index contributed by atoms with van der Waals surface area (Å²) in [5.41, 5.74) is 5.57. The van der Waals surface area contributed by atoms with Crippen LogP contribution in [0.2, 0.25) is 0 Å². The van der Waals surface area contributed by atoms with Gasteiger partial charge in [-0.15, -0.1) is 0 Å². The van der Waals surface area contributed by atoms with E-state index < -0.39 is 0 Å². The van der Waals surface area contributed by atoms with Gasteiger partial charge in [-0.25, -0.2) is 0 Å². The van der Waals surface area contributed by atoms with E-state index in [9.17, 15) is 0 Å². The van der Waals surface area contributed by atoms with Crippen molar-refractivity contribution >= 4 is 0 Å². The van der Waals surface area contributed by atoms with Crippen LogP contribution in [0.15, 0.2) is 0 Å². The first kappa shape index (κ1) is 12.0. The fourth-order valence-electron chi connectivity index (χ4n) is 2.31. The molecule has 0 bridgehead atoms. The smallest absolute Gasteiger partial charge is 0.0760 e. The third-order valence-corrected chi connectivity index (χ3v) is 2.68. The molecule has 0 amide bonds. The van der Waals surface area contributed by atoms with Crippen molar-refractivity contribution in [3.8, 4) is 0 Å². The van der Waals surface area contributed by atoms with Crippen LogP contribution in [0.4, 0.5) is 0 Å². The summed E-state index contributed by atoms with van der Waals surface area (Å²) in [5, 5.41) is 0. The Balaban J connectivity index is 2.71. The van der Waals surface area contributed by atoms with E-state index in [0.29, 0.717) is 12.6 Å². The van der Waals surface area contributed by atoms with Crippen molar-refractivity contribution in [1.82, 2.24) is 4.90 Å². The number of nitrogens with zero attached hydrogens (tertiary/aromatic N) is 1. The second kappa shape index (κ2) is 3.80. The van der Waals surface area contributed by atoms with Crippen molar-refractivity contribution in [2.75, 3.05) is 19.6 Å². The van der Waals surface area contributed by atoms with Crippen LogP contribution in [-0.2, 0) is 4.74 Å². The van der Waals surface area contributed by atoms with Crippen LogP contribution >= 0.6 is 0 Å². The molecule has 0 spiro atoms. The molecule has 0 aromatic rings. The van der Waals surface area contributed by atoms with Crippen LogP contribution in [0.25, 0.3) is 0 Å². The van der Waals surface area contributed by atoms with Crippen molar-refractivity contribution in [1.29, 1.82) is 0 Å². The lowest BCUT2D eigenvalue weighted by atomic mass is 9.97. The highest BCUT2D eigenvalue weighted by Crippen LogP contribution is 2.28. The van der Waals surface area contributed by atoms with E-state index in [-0.39, 0.29) is 11.2 Å². The lowest BCUT2D eigenvalue weighted by Gasteiger charge is -2.49. The molecule has 1 rings (SSSR count). The van der Waals surface area contributed by atoms with Gasteiger partial charge < -0.3 is 10.5 Å². The van der Waals surface area contributed by atoms with Crippen LogP contribution in [0.5, 0.6) is 0 Å². The number of hydrogen-bond donors (Lipinski definition) is 1. The van der Waals surface area contributed by atoms with Gasteiger partial charge in [0.15, 0.2) is 0 Å². The third-order valence-electron chi connectivity index (χ3n) is 2.68. The molecule has 1 atom stereocenters. The zero-order valence-electron chi connectivity index (χ0n) is 10.1. The van der Waals surface area contributed by atoms with E-state index in [4.69, 9.17) is 10.5 Å². The largest absolute Gasteiger partial charge is 0.367 e. The summed E-state index contributed by atoms with van der Waals surface area (Å²) in [6.45, 7) is 13.4. The van der Waals surface area contributed by atoms with E-state index in [1.165, 1.54) is 0 Å². The predicted octanol–water partition coefficient (Wildman–Crippen LogP) is 1.22. The van der Waals surface area contributed by atoms with Crippen molar-refractivity contribution in [3.63, 3.8) is 0 Å². The molecule has 1 saturated heterocycles. The highest BCUT2D eigenvalue weighted by Gasteiger charge is 2.39. The van der Waals surface area contributed by atoms with Crippen LogP contribution in [0, 0.1) is 0 Å². The first-order valence-electron chi connectivity index (χ1n) is 5.40. The summed E-state index contributed by atoms with van der Waals surface area (Å²) >= 11 is 0. The van der Waals surface area contributed by atoms with Crippen LogP contribution in [0.1, 0.15) is 34.6 Å². The molecule has 1 fully saturated rings. The van der Waals surface area contributed by atoms with Gasteiger partial charge in [-0.1, -0.05) is 0 Å². The molecule has 2 N–H and O–H groups in total. The Morgan fingerprint density at radius 3 is 2.00 bits per heavy atom. The van der Waals surface area contributed by atoms with Gasteiger partial charge in [0.25, 0.3) is 0 Å². The Morgan fingerprint density at radius 1 is 1.21 bits per heavy atom. The molecular formula is C11H24N2O. The SMILES string of the molecule is CC(CN)N1CC(C)(C)OC(C)(C)C1. The molecule has 3 nitrogen and oxygen atoms in total. The molecule has 1 heterocycles. The van der Waals surface area contributed by atoms with E-state index in [1.807, 2.05) is 0 Å². The molecule has 0 aromatic heterocycles. The summed E-state index contributed by atoms with van der Waals surface area (Å²) in [6.07, 6.45) is 0. The Hall–Kier alpha value is -0.120. The molecule has 84 valence electrons. The summed E-state index contributed by atoms with van der Waals surface area (Å²) < 4.78 is 6.00. The van der Waals surface area contributed by atoms with E-state index in [1.54, 1.807) is 0 Å². The van der Waals surface area contributed by atoms with Crippen molar-refractivity contribution in [2.45, 2.75) is 51.9 Å². The quantitative estimate of drug-likeness (QED) is 0.728. The molecule has 14 heavy (non-hydrogen) atoms. The maximum atomic E-state index is 6.00. The van der Waals surface area contributed by atoms with Crippen LogP contribution in [-0.4, -0.2) is 41.8 Å². The Bertz CT molecular complexity index is 185. The van der Waals surface area contributed by atoms with E-state index >= 15 is 0 Å². The zero-order valence-corrected chi connectivity index (χ0v) is 10.1. The molecule has 0 saturated carbocycles. The molecule has 1 aliphatic heterocycles. The van der Waals surface area contributed by atoms with Gasteiger partial charge >= 0.3 is 0 Å². The van der Waals surface area contributed by atoms with E-state index in [2.05, 4.69) is 39.5 Å². The Kier molecular flexibility index (Phi) is 3.24. The van der Waals surface area contributed by atoms with Gasteiger partial charge in [0, 0.05) is 25.7 Å². The first-order valence-corrected chi connectivity index (χ1v) is 5.40. The highest BCUT2D eigenvalue weighted by atomic mass is 16.5. The minimum absolute atomic E-state index is 0.0643. The normalized spacial score (nSPS) is 28.7. The van der Waals surface area contributed by atoms with Gasteiger partial charge in [0.2, 0.25) is 0 Å². The van der Waals surface area contributed by atoms with Crippen molar-refractivity contribution < 1.29 is 4.74 Å². The standard InChI is InChI=1S/C11H24N2O/c1-9(6-12)13-7-10(2,3)14-11(4,5)8-13/h9H,6-8,12H2,1-5H3. The van der Waals surface area contributed by atoms with Crippen LogP contribution < -0.4 is 5.73 Å². The lowest BCUT2D eigenvalue weighted by molar-refractivity contribution is -0.186. The second-order valence-corrected chi connectivity index (χ2v) is 5.61. The van der Waals surface area contributed by atoms with Crippen molar-refractivity contribution in [2.24, 2.45) is 5.73 Å². The van der Waals surface area contributed by atoms with Gasteiger partial charge in [0.1, 0.15) is 0 Å². The van der Waals surface area contributed by atoms with Gasteiger partial charge in [0.05, 0.1) is 11.2 Å². The van der Waals surface area contributed by atoms with Crippen LogP contribution in [0.3, 0.4) is 0 Å². The minimum atomic E-state index is -0.0643.